The van der Waals surface area contributed by atoms with Gasteiger partial charge in [0.15, 0.2) is 5.75 Å². The molecular weight excluding hydrogens is 198 g/mol. The highest BCUT2D eigenvalue weighted by Gasteiger charge is 2.13. The number of carbonyl (C=O) groups excluding carboxylic acids is 1. The van der Waals surface area contributed by atoms with Crippen LogP contribution in [0.3, 0.4) is 0 Å². The van der Waals surface area contributed by atoms with Crippen molar-refractivity contribution in [3.63, 3.8) is 0 Å². The van der Waals surface area contributed by atoms with Gasteiger partial charge in [0, 0.05) is 6.54 Å². The Kier molecular flexibility index (Phi) is 4.11. The molecule has 0 saturated heterocycles. The predicted octanol–water partition coefficient (Wildman–Crippen LogP) is -0.218. The van der Waals surface area contributed by atoms with Crippen molar-refractivity contribution in [1.29, 1.82) is 0 Å². The summed E-state index contributed by atoms with van der Waals surface area (Å²) < 4.78 is 11.1. The van der Waals surface area contributed by atoms with Gasteiger partial charge in [-0.3, -0.25) is 9.48 Å². The summed E-state index contributed by atoms with van der Waals surface area (Å²) in [6, 6.07) is -0.606. The molecule has 1 atom stereocenters. The van der Waals surface area contributed by atoms with Crippen molar-refractivity contribution in [1.82, 2.24) is 9.78 Å². The summed E-state index contributed by atoms with van der Waals surface area (Å²) in [5, 5.41) is 4.03. The van der Waals surface area contributed by atoms with Crippen LogP contribution < -0.4 is 10.5 Å². The number of hydrogen-bond donors (Lipinski definition) is 1. The summed E-state index contributed by atoms with van der Waals surface area (Å²) in [6.45, 7) is 0.555. The Morgan fingerprint density at radius 3 is 2.93 bits per heavy atom. The van der Waals surface area contributed by atoms with Gasteiger partial charge in [-0.2, -0.15) is 5.10 Å². The molecule has 15 heavy (non-hydrogen) atoms. The fourth-order valence-corrected chi connectivity index (χ4v) is 1.11. The Bertz CT molecular complexity index is 324. The SMILES string of the molecule is COC(=O)C(N)CCn1cc(OC)cn1. The summed E-state index contributed by atoms with van der Waals surface area (Å²) >= 11 is 0. The molecule has 84 valence electrons. The molecule has 1 unspecified atom stereocenters. The molecule has 0 bridgehead atoms. The fraction of sp³-hybridized carbons (Fsp3) is 0.556. The zero-order chi connectivity index (χ0) is 11.3. The summed E-state index contributed by atoms with van der Waals surface area (Å²) in [5.41, 5.74) is 5.57. The Labute approximate surface area is 88.0 Å². The summed E-state index contributed by atoms with van der Waals surface area (Å²) in [5.74, 6) is 0.274. The number of esters is 1. The van der Waals surface area contributed by atoms with Crippen LogP contribution in [0, 0.1) is 0 Å². The minimum absolute atomic E-state index is 0.408. The van der Waals surface area contributed by atoms with Crippen molar-refractivity contribution in [3.05, 3.63) is 12.4 Å². The molecule has 0 radical (unpaired) electrons. The van der Waals surface area contributed by atoms with Gasteiger partial charge in [-0.05, 0) is 6.42 Å². The van der Waals surface area contributed by atoms with Gasteiger partial charge >= 0.3 is 5.97 Å². The van der Waals surface area contributed by atoms with Crippen LogP contribution in [0.2, 0.25) is 0 Å². The maximum Gasteiger partial charge on any atom is 0.322 e. The van der Waals surface area contributed by atoms with Gasteiger partial charge in [-0.25, -0.2) is 0 Å². The van der Waals surface area contributed by atoms with Crippen LogP contribution in [-0.4, -0.2) is 36.0 Å². The van der Waals surface area contributed by atoms with Crippen molar-refractivity contribution < 1.29 is 14.3 Å². The van der Waals surface area contributed by atoms with E-state index in [0.717, 1.165) is 0 Å². The predicted molar refractivity (Wildman–Crippen MR) is 53.4 cm³/mol. The van der Waals surface area contributed by atoms with Crippen molar-refractivity contribution >= 4 is 5.97 Å². The van der Waals surface area contributed by atoms with E-state index in [9.17, 15) is 4.79 Å². The number of hydrogen-bond acceptors (Lipinski definition) is 5. The number of nitrogens with two attached hydrogens (primary N) is 1. The van der Waals surface area contributed by atoms with Gasteiger partial charge in [-0.15, -0.1) is 0 Å². The quantitative estimate of drug-likeness (QED) is 0.684. The molecule has 0 aliphatic carbocycles. The van der Waals surface area contributed by atoms with Crippen molar-refractivity contribution in [2.45, 2.75) is 19.0 Å². The van der Waals surface area contributed by atoms with E-state index in [-0.39, 0.29) is 0 Å². The van der Waals surface area contributed by atoms with Gasteiger partial charge in [0.2, 0.25) is 0 Å². The van der Waals surface area contributed by atoms with E-state index in [1.165, 1.54) is 7.11 Å². The Morgan fingerprint density at radius 2 is 2.40 bits per heavy atom. The number of methoxy groups -OCH3 is 2. The maximum absolute atomic E-state index is 11.0. The molecule has 6 heteroatoms. The Hall–Kier alpha value is -1.56. The molecule has 0 aromatic carbocycles. The average molecular weight is 213 g/mol. The maximum atomic E-state index is 11.0. The minimum Gasteiger partial charge on any atom is -0.493 e. The topological polar surface area (TPSA) is 79.4 Å². The van der Waals surface area contributed by atoms with Crippen LogP contribution in [0.5, 0.6) is 5.75 Å². The number of aryl methyl sites for hydroxylation is 1. The van der Waals surface area contributed by atoms with Gasteiger partial charge < -0.3 is 15.2 Å². The first kappa shape index (κ1) is 11.5. The molecule has 1 aromatic rings. The highest BCUT2D eigenvalue weighted by Crippen LogP contribution is 2.07. The van der Waals surface area contributed by atoms with Crippen LogP contribution in [0.15, 0.2) is 12.4 Å². The summed E-state index contributed by atoms with van der Waals surface area (Å²) in [4.78, 5) is 11.0. The van der Waals surface area contributed by atoms with Crippen molar-refractivity contribution in [2.75, 3.05) is 14.2 Å². The van der Waals surface area contributed by atoms with Gasteiger partial charge in [0.1, 0.15) is 6.04 Å². The molecular formula is C9H15N3O3. The molecule has 1 heterocycles. The van der Waals surface area contributed by atoms with E-state index in [1.807, 2.05) is 0 Å². The largest absolute Gasteiger partial charge is 0.493 e. The number of nitrogens with zero attached hydrogens (tertiary/aromatic N) is 2. The fourth-order valence-electron chi connectivity index (χ4n) is 1.11. The van der Waals surface area contributed by atoms with Crippen molar-refractivity contribution in [3.8, 4) is 5.75 Å². The van der Waals surface area contributed by atoms with E-state index in [1.54, 1.807) is 24.2 Å². The Balaban J connectivity index is 2.39. The minimum atomic E-state index is -0.606. The third-order valence-corrected chi connectivity index (χ3v) is 2.02. The average Bonchev–Trinajstić information content (AvgIpc) is 2.72. The molecule has 1 rings (SSSR count). The highest BCUT2D eigenvalue weighted by molar-refractivity contribution is 5.75. The lowest BCUT2D eigenvalue weighted by Crippen LogP contribution is -2.32. The second kappa shape index (κ2) is 5.35. The molecule has 0 fully saturated rings. The van der Waals surface area contributed by atoms with Crippen LogP contribution in [0.25, 0.3) is 0 Å². The normalized spacial score (nSPS) is 12.2. The second-order valence-corrected chi connectivity index (χ2v) is 3.06. The number of aromatic nitrogens is 2. The number of ether oxygens (including phenoxy) is 2. The van der Waals surface area contributed by atoms with Crippen molar-refractivity contribution in [2.24, 2.45) is 5.73 Å². The van der Waals surface area contributed by atoms with Gasteiger partial charge in [0.05, 0.1) is 26.6 Å². The van der Waals surface area contributed by atoms with Crippen LogP contribution >= 0.6 is 0 Å². The molecule has 0 saturated carbocycles. The molecule has 0 aliphatic rings. The summed E-state index contributed by atoms with van der Waals surface area (Å²) in [7, 11) is 2.89. The van der Waals surface area contributed by atoms with E-state index in [2.05, 4.69) is 9.84 Å². The molecule has 0 aliphatic heterocycles. The van der Waals surface area contributed by atoms with Gasteiger partial charge in [0.25, 0.3) is 0 Å². The van der Waals surface area contributed by atoms with Crippen LogP contribution in [0.1, 0.15) is 6.42 Å². The molecule has 0 spiro atoms. The highest BCUT2D eigenvalue weighted by atomic mass is 16.5. The Morgan fingerprint density at radius 1 is 1.67 bits per heavy atom. The standard InChI is InChI=1S/C9H15N3O3/c1-14-7-5-11-12(6-7)4-3-8(10)9(13)15-2/h5-6,8H,3-4,10H2,1-2H3. The van der Waals surface area contributed by atoms with Crippen LogP contribution in [0.4, 0.5) is 0 Å². The van der Waals surface area contributed by atoms with Gasteiger partial charge in [-0.1, -0.05) is 0 Å². The number of rotatable bonds is 5. The lowest BCUT2D eigenvalue weighted by molar-refractivity contribution is -0.142. The van der Waals surface area contributed by atoms with E-state index in [4.69, 9.17) is 10.5 Å². The zero-order valence-electron chi connectivity index (χ0n) is 8.84. The molecule has 6 nitrogen and oxygen atoms in total. The third kappa shape index (κ3) is 3.25. The molecule has 0 amide bonds. The summed E-state index contributed by atoms with van der Waals surface area (Å²) in [6.07, 6.45) is 3.82. The lowest BCUT2D eigenvalue weighted by atomic mass is 10.2. The van der Waals surface area contributed by atoms with E-state index >= 15 is 0 Å². The molecule has 2 N–H and O–H groups in total. The second-order valence-electron chi connectivity index (χ2n) is 3.06. The monoisotopic (exact) mass is 213 g/mol. The lowest BCUT2D eigenvalue weighted by Gasteiger charge is -2.08. The smallest absolute Gasteiger partial charge is 0.322 e. The third-order valence-electron chi connectivity index (χ3n) is 2.02. The first-order valence-corrected chi connectivity index (χ1v) is 4.57. The number of carbonyl (C=O) groups is 1. The first-order valence-electron chi connectivity index (χ1n) is 4.57. The van der Waals surface area contributed by atoms with E-state index in [0.29, 0.717) is 18.7 Å². The van der Waals surface area contributed by atoms with Crippen LogP contribution in [-0.2, 0) is 16.1 Å². The molecule has 1 aromatic heterocycles. The first-order chi connectivity index (χ1) is 7.17. The zero-order valence-corrected chi connectivity index (χ0v) is 8.84. The van der Waals surface area contributed by atoms with E-state index < -0.39 is 12.0 Å².